The topological polar surface area (TPSA) is 81.3 Å². The van der Waals surface area contributed by atoms with E-state index in [4.69, 9.17) is 9.47 Å². The second-order valence-electron chi connectivity index (χ2n) is 13.1. The van der Waals surface area contributed by atoms with Crippen molar-refractivity contribution >= 4 is 11.1 Å². The van der Waals surface area contributed by atoms with Crippen molar-refractivity contribution in [2.75, 3.05) is 98.4 Å². The molecule has 1 heterocycles. The Bertz CT molecular complexity index is 1300. The summed E-state index contributed by atoms with van der Waals surface area (Å²) >= 11 is 0. The van der Waals surface area contributed by atoms with Crippen LogP contribution < -0.4 is 20.7 Å². The normalized spacial score (nSPS) is 16.8. The monoisotopic (exact) mass is 685 g/mol. The van der Waals surface area contributed by atoms with Gasteiger partial charge in [-0.3, -0.25) is 4.90 Å². The first-order valence-electron chi connectivity index (χ1n) is 19.1. The number of aliphatic hydroxyl groups is 1. The standard InChI is InChI=1S/C42H63N5O3/c1-3-46(4-2)31-33-50-40-21-19-38(20-22-40)42(37-16-9-6-10-17-37)41(36-14-7-5-8-15-36)18-11-32-49-35-39(48)34-47-29-13-25-44-27-26-43-23-12-24-45-28-30-47/h5-10,14-17,19-22,39,43-45,48H,3-4,11-13,18,23-35H2,1-2H3. The molecule has 0 saturated carbocycles. The zero-order valence-corrected chi connectivity index (χ0v) is 30.8. The maximum absolute atomic E-state index is 10.9. The van der Waals surface area contributed by atoms with Crippen LogP contribution in [0.1, 0.15) is 56.2 Å². The van der Waals surface area contributed by atoms with Crippen LogP contribution in [0.4, 0.5) is 0 Å². The van der Waals surface area contributed by atoms with E-state index in [1.54, 1.807) is 0 Å². The Morgan fingerprint density at radius 2 is 1.34 bits per heavy atom. The number of aliphatic hydroxyl groups excluding tert-OH is 1. The predicted octanol–water partition coefficient (Wildman–Crippen LogP) is 5.39. The van der Waals surface area contributed by atoms with E-state index in [9.17, 15) is 5.11 Å². The van der Waals surface area contributed by atoms with Gasteiger partial charge in [0.1, 0.15) is 12.4 Å². The van der Waals surface area contributed by atoms with Crippen molar-refractivity contribution in [2.24, 2.45) is 0 Å². The minimum Gasteiger partial charge on any atom is -0.492 e. The minimum absolute atomic E-state index is 0.347. The summed E-state index contributed by atoms with van der Waals surface area (Å²) in [5, 5.41) is 21.5. The lowest BCUT2D eigenvalue weighted by Gasteiger charge is -2.25. The van der Waals surface area contributed by atoms with Gasteiger partial charge in [-0.2, -0.15) is 0 Å². The summed E-state index contributed by atoms with van der Waals surface area (Å²) in [6, 6.07) is 30.0. The molecule has 1 aliphatic rings. The number of allylic oxidation sites excluding steroid dienone is 1. The van der Waals surface area contributed by atoms with Gasteiger partial charge in [-0.15, -0.1) is 0 Å². The lowest BCUT2D eigenvalue weighted by Crippen LogP contribution is -2.41. The number of ether oxygens (including phenoxy) is 2. The summed E-state index contributed by atoms with van der Waals surface area (Å²) in [5.74, 6) is 0.894. The molecule has 0 amide bonds. The average Bonchev–Trinajstić information content (AvgIpc) is 3.15. The summed E-state index contributed by atoms with van der Waals surface area (Å²) < 4.78 is 12.2. The van der Waals surface area contributed by atoms with E-state index < -0.39 is 6.10 Å². The Labute approximate surface area is 302 Å². The van der Waals surface area contributed by atoms with Gasteiger partial charge in [-0.05, 0) is 105 Å². The van der Waals surface area contributed by atoms with Gasteiger partial charge in [-0.25, -0.2) is 0 Å². The molecule has 50 heavy (non-hydrogen) atoms. The van der Waals surface area contributed by atoms with Gasteiger partial charge in [-0.1, -0.05) is 86.6 Å². The molecule has 1 unspecified atom stereocenters. The van der Waals surface area contributed by atoms with Crippen molar-refractivity contribution in [1.82, 2.24) is 25.8 Å². The van der Waals surface area contributed by atoms with Crippen LogP contribution in [-0.4, -0.2) is 119 Å². The molecule has 4 rings (SSSR count). The van der Waals surface area contributed by atoms with Gasteiger partial charge in [0.2, 0.25) is 0 Å². The van der Waals surface area contributed by atoms with Crippen molar-refractivity contribution in [3.05, 3.63) is 102 Å². The molecule has 3 aromatic carbocycles. The quantitative estimate of drug-likeness (QED) is 0.111. The average molecular weight is 686 g/mol. The van der Waals surface area contributed by atoms with Crippen LogP contribution in [0.2, 0.25) is 0 Å². The van der Waals surface area contributed by atoms with Gasteiger partial charge in [0.05, 0.1) is 12.7 Å². The fourth-order valence-corrected chi connectivity index (χ4v) is 6.49. The highest BCUT2D eigenvalue weighted by Gasteiger charge is 2.16. The molecule has 0 spiro atoms. The molecule has 0 aliphatic carbocycles. The molecule has 1 atom stereocenters. The third-order valence-corrected chi connectivity index (χ3v) is 9.31. The van der Waals surface area contributed by atoms with Crippen LogP contribution in [0.25, 0.3) is 11.1 Å². The second-order valence-corrected chi connectivity index (χ2v) is 13.1. The zero-order chi connectivity index (χ0) is 35.1. The molecule has 8 heteroatoms. The van der Waals surface area contributed by atoms with Crippen molar-refractivity contribution in [2.45, 2.75) is 45.6 Å². The van der Waals surface area contributed by atoms with E-state index in [1.807, 2.05) is 0 Å². The number of β-amino-alcohol motifs (C(OH)–C–C–N with tert-alkyl or cyclic N) is 1. The summed E-state index contributed by atoms with van der Waals surface area (Å²) in [7, 11) is 0. The smallest absolute Gasteiger partial charge is 0.119 e. The molecule has 0 aromatic heterocycles. The van der Waals surface area contributed by atoms with Gasteiger partial charge in [0, 0.05) is 45.9 Å². The molecule has 0 bridgehead atoms. The molecule has 8 nitrogen and oxygen atoms in total. The fraction of sp³-hybridized carbons (Fsp3) is 0.524. The van der Waals surface area contributed by atoms with Gasteiger partial charge < -0.3 is 35.4 Å². The van der Waals surface area contributed by atoms with Crippen LogP contribution in [0.5, 0.6) is 5.75 Å². The first-order chi connectivity index (χ1) is 24.7. The largest absolute Gasteiger partial charge is 0.492 e. The summed E-state index contributed by atoms with van der Waals surface area (Å²) in [6.45, 7) is 17.5. The maximum atomic E-state index is 10.9. The molecule has 1 fully saturated rings. The van der Waals surface area contributed by atoms with Crippen molar-refractivity contribution < 1.29 is 14.6 Å². The number of nitrogens with zero attached hydrogens (tertiary/aromatic N) is 2. The number of rotatable bonds is 17. The molecular weight excluding hydrogens is 622 g/mol. The van der Waals surface area contributed by atoms with Crippen LogP contribution in [0, 0.1) is 0 Å². The molecule has 274 valence electrons. The molecule has 1 saturated heterocycles. The number of nitrogens with one attached hydrogen (secondary N) is 3. The summed E-state index contributed by atoms with van der Waals surface area (Å²) in [4.78, 5) is 4.74. The highest BCUT2D eigenvalue weighted by molar-refractivity contribution is 5.98. The number of likely N-dealkylation sites (N-methyl/N-ethyl adjacent to an activating group) is 1. The third kappa shape index (κ3) is 14.6. The van der Waals surface area contributed by atoms with E-state index in [1.165, 1.54) is 27.8 Å². The lowest BCUT2D eigenvalue weighted by molar-refractivity contribution is 0.0162. The molecule has 3 aromatic rings. The Morgan fingerprint density at radius 3 is 2.02 bits per heavy atom. The number of hydrogen-bond donors (Lipinski definition) is 4. The van der Waals surface area contributed by atoms with E-state index in [0.29, 0.717) is 26.4 Å². The van der Waals surface area contributed by atoms with Crippen LogP contribution in [-0.2, 0) is 4.74 Å². The molecule has 0 radical (unpaired) electrons. The zero-order valence-electron chi connectivity index (χ0n) is 30.8. The lowest BCUT2D eigenvalue weighted by atomic mass is 9.87. The van der Waals surface area contributed by atoms with Crippen molar-refractivity contribution in [1.29, 1.82) is 0 Å². The Hall–Kier alpha value is -3.08. The van der Waals surface area contributed by atoms with Gasteiger partial charge in [0.15, 0.2) is 0 Å². The van der Waals surface area contributed by atoms with Crippen molar-refractivity contribution in [3.63, 3.8) is 0 Å². The Kier molecular flexibility index (Phi) is 19.2. The minimum atomic E-state index is -0.511. The van der Waals surface area contributed by atoms with Gasteiger partial charge in [0.25, 0.3) is 0 Å². The van der Waals surface area contributed by atoms with Crippen LogP contribution >= 0.6 is 0 Å². The third-order valence-electron chi connectivity index (χ3n) is 9.31. The summed E-state index contributed by atoms with van der Waals surface area (Å²) in [6.07, 6.45) is 3.39. The van der Waals surface area contributed by atoms with Crippen LogP contribution in [0.3, 0.4) is 0 Å². The van der Waals surface area contributed by atoms with E-state index >= 15 is 0 Å². The number of hydrogen-bond acceptors (Lipinski definition) is 8. The van der Waals surface area contributed by atoms with Crippen LogP contribution in [0.15, 0.2) is 84.9 Å². The first-order valence-corrected chi connectivity index (χ1v) is 19.1. The van der Waals surface area contributed by atoms with Gasteiger partial charge >= 0.3 is 0 Å². The Balaban J connectivity index is 1.38. The predicted molar refractivity (Wildman–Crippen MR) is 209 cm³/mol. The SMILES string of the molecule is CCN(CC)CCOc1ccc(C(=C(CCCOCC(O)CN2CCCNCCNCCCNCC2)c2ccccc2)c2ccccc2)cc1. The second kappa shape index (κ2) is 24.2. The van der Waals surface area contributed by atoms with E-state index in [0.717, 1.165) is 103 Å². The maximum Gasteiger partial charge on any atom is 0.119 e. The van der Waals surface area contributed by atoms with E-state index in [2.05, 4.69) is 125 Å². The van der Waals surface area contributed by atoms with E-state index in [-0.39, 0.29) is 0 Å². The highest BCUT2D eigenvalue weighted by atomic mass is 16.5. The molecule has 4 N–H and O–H groups in total. The summed E-state index contributed by atoms with van der Waals surface area (Å²) in [5.41, 5.74) is 6.09. The first kappa shape index (κ1) is 39.7. The fourth-order valence-electron chi connectivity index (χ4n) is 6.49. The number of benzene rings is 3. The highest BCUT2D eigenvalue weighted by Crippen LogP contribution is 2.35. The molecular formula is C42H63N5O3. The van der Waals surface area contributed by atoms with Crippen molar-refractivity contribution in [3.8, 4) is 5.75 Å². The Morgan fingerprint density at radius 1 is 0.720 bits per heavy atom. The molecule has 1 aliphatic heterocycles.